The Bertz CT molecular complexity index is 632. The van der Waals surface area contributed by atoms with Crippen molar-refractivity contribution in [2.45, 2.75) is 52.6 Å². The molecule has 7 heteroatoms. The molecule has 0 aliphatic rings. The lowest BCUT2D eigenvalue weighted by atomic mass is 10.3. The maximum absolute atomic E-state index is 11.4. The Morgan fingerprint density at radius 1 is 1.38 bits per heavy atom. The highest BCUT2D eigenvalue weighted by molar-refractivity contribution is 6.16. The van der Waals surface area contributed by atoms with Crippen LogP contribution in [-0.2, 0) is 28.5 Å². The maximum atomic E-state index is 11.4. The van der Waals surface area contributed by atoms with E-state index in [1.165, 1.54) is 0 Å². The number of carbonyl (C=O) groups excluding carboxylic acids is 1. The first-order valence-corrected chi connectivity index (χ1v) is 7.79. The first-order valence-electron chi connectivity index (χ1n) is 7.26. The van der Waals surface area contributed by atoms with Crippen LogP contribution in [0.3, 0.4) is 0 Å². The molecule has 0 amide bonds. The number of fused-ring (bicyclic) bond motifs is 1. The second-order valence-corrected chi connectivity index (χ2v) is 5.06. The summed E-state index contributed by atoms with van der Waals surface area (Å²) in [6.45, 7) is 7.68. The van der Waals surface area contributed by atoms with Gasteiger partial charge in [-0.3, -0.25) is 4.79 Å². The highest BCUT2D eigenvalue weighted by Gasteiger charge is 2.17. The van der Waals surface area contributed by atoms with Crippen LogP contribution in [0.1, 0.15) is 38.2 Å². The molecule has 21 heavy (non-hydrogen) atoms. The monoisotopic (exact) mass is 312 g/mol. The number of nitrogens with zero attached hydrogens (tertiary/aromatic N) is 4. The van der Waals surface area contributed by atoms with Crippen molar-refractivity contribution in [1.82, 2.24) is 19.3 Å². The van der Waals surface area contributed by atoms with E-state index in [9.17, 15) is 4.79 Å². The fourth-order valence-corrected chi connectivity index (χ4v) is 2.65. The van der Waals surface area contributed by atoms with E-state index < -0.39 is 0 Å². The topological polar surface area (TPSA) is 61.9 Å². The van der Waals surface area contributed by atoms with Gasteiger partial charge in [0.2, 0.25) is 0 Å². The molecule has 0 fully saturated rings. The molecule has 2 heterocycles. The molecule has 6 nitrogen and oxygen atoms in total. The molecule has 0 aliphatic carbocycles. The molecule has 0 atom stereocenters. The number of rotatable bonds is 7. The molecule has 0 bridgehead atoms. The number of imidazole rings is 1. The van der Waals surface area contributed by atoms with Gasteiger partial charge < -0.3 is 9.30 Å². The maximum Gasteiger partial charge on any atom is 0.305 e. The predicted molar refractivity (Wildman–Crippen MR) is 81.4 cm³/mol. The lowest BCUT2D eigenvalue weighted by Crippen LogP contribution is -2.10. The van der Waals surface area contributed by atoms with Crippen LogP contribution in [0.5, 0.6) is 0 Å². The molecule has 0 aliphatic heterocycles. The quantitative estimate of drug-likeness (QED) is 0.582. The first kappa shape index (κ1) is 15.8. The number of carbonyl (C=O) groups is 1. The van der Waals surface area contributed by atoms with Gasteiger partial charge in [-0.1, -0.05) is 0 Å². The van der Waals surface area contributed by atoms with Crippen LogP contribution >= 0.6 is 11.6 Å². The second kappa shape index (κ2) is 6.93. The van der Waals surface area contributed by atoms with Crippen molar-refractivity contribution in [1.29, 1.82) is 0 Å². The zero-order valence-electron chi connectivity index (χ0n) is 12.7. The Morgan fingerprint density at radius 3 is 2.76 bits per heavy atom. The van der Waals surface area contributed by atoms with Crippen molar-refractivity contribution in [2.24, 2.45) is 0 Å². The van der Waals surface area contributed by atoms with Crippen LogP contribution in [0, 0.1) is 6.92 Å². The van der Waals surface area contributed by atoms with Crippen LogP contribution in [0.2, 0.25) is 0 Å². The van der Waals surface area contributed by atoms with Crippen molar-refractivity contribution in [3.05, 3.63) is 11.5 Å². The lowest BCUT2D eigenvalue weighted by Gasteiger charge is -2.09. The minimum Gasteiger partial charge on any atom is -0.466 e. The molecule has 2 aromatic heterocycles. The van der Waals surface area contributed by atoms with Gasteiger partial charge in [0.1, 0.15) is 11.3 Å². The zero-order chi connectivity index (χ0) is 15.4. The number of esters is 1. The van der Waals surface area contributed by atoms with Crippen LogP contribution in [0.4, 0.5) is 0 Å². The van der Waals surface area contributed by atoms with Crippen molar-refractivity contribution in [2.75, 3.05) is 6.61 Å². The van der Waals surface area contributed by atoms with Crippen molar-refractivity contribution in [3.8, 4) is 0 Å². The van der Waals surface area contributed by atoms with Gasteiger partial charge in [-0.15, -0.1) is 11.6 Å². The molecule has 0 radical (unpaired) electrons. The zero-order valence-corrected chi connectivity index (χ0v) is 13.5. The summed E-state index contributed by atoms with van der Waals surface area (Å²) < 4.78 is 8.94. The predicted octanol–water partition coefficient (Wildman–Crippen LogP) is 2.64. The SMILES string of the molecule is CCOC(=O)CCCn1c(CCl)nc2c(C)nn(CC)c21. The van der Waals surface area contributed by atoms with E-state index >= 15 is 0 Å². The van der Waals surface area contributed by atoms with E-state index in [0.29, 0.717) is 31.9 Å². The third kappa shape index (κ3) is 3.20. The van der Waals surface area contributed by atoms with Crippen LogP contribution in [-0.4, -0.2) is 31.9 Å². The molecule has 0 saturated heterocycles. The van der Waals surface area contributed by atoms with Crippen LogP contribution < -0.4 is 0 Å². The summed E-state index contributed by atoms with van der Waals surface area (Å²) in [5.74, 6) is 0.997. The molecule has 0 aromatic carbocycles. The number of hydrogen-bond donors (Lipinski definition) is 0. The van der Waals surface area contributed by atoms with Crippen molar-refractivity contribution < 1.29 is 9.53 Å². The molecular formula is C14H21ClN4O2. The van der Waals surface area contributed by atoms with Gasteiger partial charge in [-0.25, -0.2) is 9.67 Å². The van der Waals surface area contributed by atoms with Gasteiger partial charge in [0.05, 0.1) is 18.2 Å². The summed E-state index contributed by atoms with van der Waals surface area (Å²) >= 11 is 5.99. The van der Waals surface area contributed by atoms with Crippen LogP contribution in [0.25, 0.3) is 11.2 Å². The fourth-order valence-electron chi connectivity index (χ4n) is 2.44. The average Bonchev–Trinajstić information content (AvgIpc) is 2.97. The normalized spacial score (nSPS) is 11.2. The number of ether oxygens (including phenoxy) is 1. The van der Waals surface area contributed by atoms with Gasteiger partial charge >= 0.3 is 5.97 Å². The minimum absolute atomic E-state index is 0.165. The molecule has 0 unspecified atom stereocenters. The summed E-state index contributed by atoms with van der Waals surface area (Å²) in [5.41, 5.74) is 2.78. The molecule has 2 aromatic rings. The minimum atomic E-state index is -0.165. The van der Waals surface area contributed by atoms with E-state index in [2.05, 4.69) is 14.6 Å². The number of aromatic nitrogens is 4. The van der Waals surface area contributed by atoms with E-state index in [1.807, 2.05) is 25.5 Å². The van der Waals surface area contributed by atoms with Gasteiger partial charge in [0, 0.05) is 19.5 Å². The highest BCUT2D eigenvalue weighted by Crippen LogP contribution is 2.21. The average molecular weight is 313 g/mol. The molecule has 116 valence electrons. The van der Waals surface area contributed by atoms with Gasteiger partial charge in [0.15, 0.2) is 5.65 Å². The second-order valence-electron chi connectivity index (χ2n) is 4.80. The summed E-state index contributed by atoms with van der Waals surface area (Å²) in [6, 6.07) is 0. The standard InChI is InChI=1S/C14H21ClN4O2/c1-4-19-14-13(10(3)17-19)16-11(9-15)18(14)8-6-7-12(20)21-5-2/h4-9H2,1-3H3. The summed E-state index contributed by atoms with van der Waals surface area (Å²) in [4.78, 5) is 16.0. The smallest absolute Gasteiger partial charge is 0.305 e. The summed E-state index contributed by atoms with van der Waals surface area (Å²) in [5, 5.41) is 4.48. The Hall–Kier alpha value is -1.56. The van der Waals surface area contributed by atoms with E-state index in [0.717, 1.165) is 29.2 Å². The van der Waals surface area contributed by atoms with E-state index in [-0.39, 0.29) is 5.97 Å². The number of alkyl halides is 1. The largest absolute Gasteiger partial charge is 0.466 e. The van der Waals surface area contributed by atoms with Gasteiger partial charge in [-0.05, 0) is 27.2 Å². The third-order valence-electron chi connectivity index (χ3n) is 3.36. The van der Waals surface area contributed by atoms with Gasteiger partial charge in [0.25, 0.3) is 0 Å². The summed E-state index contributed by atoms with van der Waals surface area (Å²) in [7, 11) is 0. The molecule has 2 rings (SSSR count). The van der Waals surface area contributed by atoms with Crippen LogP contribution in [0.15, 0.2) is 0 Å². The molecule has 0 N–H and O–H groups in total. The number of halogens is 1. The highest BCUT2D eigenvalue weighted by atomic mass is 35.5. The fraction of sp³-hybridized carbons (Fsp3) is 0.643. The third-order valence-corrected chi connectivity index (χ3v) is 3.60. The van der Waals surface area contributed by atoms with E-state index in [1.54, 1.807) is 0 Å². The van der Waals surface area contributed by atoms with Gasteiger partial charge in [-0.2, -0.15) is 5.10 Å². The lowest BCUT2D eigenvalue weighted by molar-refractivity contribution is -0.143. The Morgan fingerprint density at radius 2 is 2.14 bits per heavy atom. The first-order chi connectivity index (χ1) is 10.1. The number of aryl methyl sites for hydroxylation is 3. The Labute approximate surface area is 129 Å². The van der Waals surface area contributed by atoms with E-state index in [4.69, 9.17) is 16.3 Å². The summed E-state index contributed by atoms with van der Waals surface area (Å²) in [6.07, 6.45) is 1.09. The molecular weight excluding hydrogens is 292 g/mol. The van der Waals surface area contributed by atoms with Crippen molar-refractivity contribution >= 4 is 28.7 Å². The Balaban J connectivity index is 2.22. The Kier molecular flexibility index (Phi) is 5.22. The molecule has 0 spiro atoms. The van der Waals surface area contributed by atoms with Crippen molar-refractivity contribution in [3.63, 3.8) is 0 Å². The number of hydrogen-bond acceptors (Lipinski definition) is 4. The molecule has 0 saturated carbocycles.